The van der Waals surface area contributed by atoms with Gasteiger partial charge >= 0.3 is 0 Å². The Morgan fingerprint density at radius 1 is 1.45 bits per heavy atom. The Balaban J connectivity index is 2.16. The van der Waals surface area contributed by atoms with Crippen molar-refractivity contribution in [2.45, 2.75) is 26.5 Å². The highest BCUT2D eigenvalue weighted by atomic mass is 79.9. The van der Waals surface area contributed by atoms with Crippen LogP contribution in [0, 0.1) is 0 Å². The second-order valence-corrected chi connectivity index (χ2v) is 5.47. The average molecular weight is 339 g/mol. The SMILES string of the molecule is CCNC(C)c1cc(Br)ccc1OCc1ncnn1C. The van der Waals surface area contributed by atoms with Gasteiger partial charge in [-0.2, -0.15) is 5.10 Å². The maximum Gasteiger partial charge on any atom is 0.164 e. The Kier molecular flexibility index (Phi) is 5.14. The number of rotatable bonds is 6. The standard InChI is InChI=1S/C14H19BrN4O/c1-4-16-10(2)12-7-11(15)5-6-13(12)20-8-14-17-9-18-19(14)3/h5-7,9-10,16H,4,8H2,1-3H3. The van der Waals surface area contributed by atoms with Gasteiger partial charge < -0.3 is 10.1 Å². The molecule has 0 aliphatic carbocycles. The van der Waals surface area contributed by atoms with Gasteiger partial charge in [0, 0.05) is 23.1 Å². The first kappa shape index (κ1) is 15.0. The van der Waals surface area contributed by atoms with Crippen LogP contribution < -0.4 is 10.1 Å². The maximum atomic E-state index is 5.90. The number of benzene rings is 1. The predicted molar refractivity (Wildman–Crippen MR) is 81.6 cm³/mol. The van der Waals surface area contributed by atoms with E-state index in [1.165, 1.54) is 6.33 Å². The number of ether oxygens (including phenoxy) is 1. The van der Waals surface area contributed by atoms with Gasteiger partial charge in [-0.15, -0.1) is 0 Å². The van der Waals surface area contributed by atoms with E-state index in [0.29, 0.717) is 6.61 Å². The molecule has 0 aliphatic rings. The number of halogens is 1. The summed E-state index contributed by atoms with van der Waals surface area (Å²) in [5.41, 5.74) is 1.13. The molecule has 6 heteroatoms. The van der Waals surface area contributed by atoms with Crippen LogP contribution in [0.3, 0.4) is 0 Å². The normalized spacial score (nSPS) is 12.4. The molecule has 1 aromatic heterocycles. The maximum absolute atomic E-state index is 5.90. The molecule has 5 nitrogen and oxygen atoms in total. The lowest BCUT2D eigenvalue weighted by Gasteiger charge is -2.18. The zero-order valence-corrected chi connectivity index (χ0v) is 13.5. The molecule has 108 valence electrons. The van der Waals surface area contributed by atoms with Crippen LogP contribution in [0.5, 0.6) is 5.75 Å². The van der Waals surface area contributed by atoms with Gasteiger partial charge in [-0.05, 0) is 31.7 Å². The zero-order chi connectivity index (χ0) is 14.5. The largest absolute Gasteiger partial charge is 0.485 e. The van der Waals surface area contributed by atoms with Gasteiger partial charge in [0.05, 0.1) is 0 Å². The van der Waals surface area contributed by atoms with E-state index in [1.807, 2.05) is 19.2 Å². The van der Waals surface area contributed by atoms with Crippen molar-refractivity contribution in [3.05, 3.63) is 40.4 Å². The smallest absolute Gasteiger partial charge is 0.164 e. The molecule has 0 fully saturated rings. The third kappa shape index (κ3) is 3.58. The van der Waals surface area contributed by atoms with Gasteiger partial charge in [-0.3, -0.25) is 4.68 Å². The first-order valence-corrected chi connectivity index (χ1v) is 7.39. The summed E-state index contributed by atoms with van der Waals surface area (Å²) in [7, 11) is 1.86. The fraction of sp³-hybridized carbons (Fsp3) is 0.429. The first-order chi connectivity index (χ1) is 9.61. The third-order valence-corrected chi connectivity index (χ3v) is 3.60. The van der Waals surface area contributed by atoms with Gasteiger partial charge in [-0.25, -0.2) is 4.98 Å². The van der Waals surface area contributed by atoms with Crippen LogP contribution in [-0.2, 0) is 13.7 Å². The van der Waals surface area contributed by atoms with E-state index in [0.717, 1.165) is 28.2 Å². The van der Waals surface area contributed by atoms with Gasteiger partial charge in [0.1, 0.15) is 18.7 Å². The molecule has 1 N–H and O–H groups in total. The number of hydrogen-bond acceptors (Lipinski definition) is 4. The Labute approximate surface area is 127 Å². The molecular weight excluding hydrogens is 320 g/mol. The molecule has 0 saturated carbocycles. The summed E-state index contributed by atoms with van der Waals surface area (Å²) in [6, 6.07) is 6.27. The summed E-state index contributed by atoms with van der Waals surface area (Å²) in [5.74, 6) is 1.67. The molecule has 0 radical (unpaired) electrons. The fourth-order valence-electron chi connectivity index (χ4n) is 2.00. The van der Waals surface area contributed by atoms with Gasteiger partial charge in [-0.1, -0.05) is 22.9 Å². The van der Waals surface area contributed by atoms with Crippen LogP contribution in [-0.4, -0.2) is 21.3 Å². The van der Waals surface area contributed by atoms with Gasteiger partial charge in [0.15, 0.2) is 5.82 Å². The van der Waals surface area contributed by atoms with Crippen molar-refractivity contribution in [1.29, 1.82) is 0 Å². The van der Waals surface area contributed by atoms with Crippen LogP contribution in [0.25, 0.3) is 0 Å². The number of aryl methyl sites for hydroxylation is 1. The van der Waals surface area contributed by atoms with Crippen molar-refractivity contribution < 1.29 is 4.74 Å². The van der Waals surface area contributed by atoms with E-state index in [1.54, 1.807) is 4.68 Å². The first-order valence-electron chi connectivity index (χ1n) is 6.60. The van der Waals surface area contributed by atoms with Crippen LogP contribution in [0.1, 0.15) is 31.3 Å². The van der Waals surface area contributed by atoms with Crippen LogP contribution in [0.2, 0.25) is 0 Å². The summed E-state index contributed by atoms with van der Waals surface area (Å²) in [5, 5.41) is 7.44. The van der Waals surface area contributed by atoms with E-state index in [-0.39, 0.29) is 6.04 Å². The topological polar surface area (TPSA) is 52.0 Å². The Morgan fingerprint density at radius 2 is 2.25 bits per heavy atom. The van der Waals surface area contributed by atoms with Crippen LogP contribution >= 0.6 is 15.9 Å². The molecule has 1 heterocycles. The molecule has 0 bridgehead atoms. The molecule has 1 unspecified atom stereocenters. The summed E-state index contributed by atoms with van der Waals surface area (Å²) in [4.78, 5) is 4.16. The molecule has 2 aromatic rings. The minimum absolute atomic E-state index is 0.229. The highest BCUT2D eigenvalue weighted by Gasteiger charge is 2.12. The third-order valence-electron chi connectivity index (χ3n) is 3.11. The molecule has 2 rings (SSSR count). The summed E-state index contributed by atoms with van der Waals surface area (Å²) >= 11 is 3.51. The summed E-state index contributed by atoms with van der Waals surface area (Å²) in [6.07, 6.45) is 1.53. The Hall–Kier alpha value is -1.40. The van der Waals surface area contributed by atoms with Crippen molar-refractivity contribution in [3.63, 3.8) is 0 Å². The number of hydrogen-bond donors (Lipinski definition) is 1. The van der Waals surface area contributed by atoms with E-state index in [4.69, 9.17) is 4.74 Å². The lowest BCUT2D eigenvalue weighted by molar-refractivity contribution is 0.284. The highest BCUT2D eigenvalue weighted by molar-refractivity contribution is 9.10. The number of aromatic nitrogens is 3. The average Bonchev–Trinajstić information content (AvgIpc) is 2.83. The second-order valence-electron chi connectivity index (χ2n) is 4.55. The van der Waals surface area contributed by atoms with E-state index >= 15 is 0 Å². The van der Waals surface area contributed by atoms with Crippen LogP contribution in [0.4, 0.5) is 0 Å². The van der Waals surface area contributed by atoms with Gasteiger partial charge in [0.25, 0.3) is 0 Å². The lowest BCUT2D eigenvalue weighted by atomic mass is 10.1. The Bertz CT molecular complexity index is 570. The minimum Gasteiger partial charge on any atom is -0.485 e. The van der Waals surface area contributed by atoms with Gasteiger partial charge in [0.2, 0.25) is 0 Å². The van der Waals surface area contributed by atoms with E-state index < -0.39 is 0 Å². The number of nitrogens with zero attached hydrogens (tertiary/aromatic N) is 3. The molecule has 1 aromatic carbocycles. The fourth-order valence-corrected chi connectivity index (χ4v) is 2.38. The quantitative estimate of drug-likeness (QED) is 0.879. The Morgan fingerprint density at radius 3 is 2.90 bits per heavy atom. The molecule has 0 spiro atoms. The minimum atomic E-state index is 0.229. The van der Waals surface area contributed by atoms with E-state index in [2.05, 4.69) is 51.2 Å². The zero-order valence-electron chi connectivity index (χ0n) is 11.9. The monoisotopic (exact) mass is 338 g/mol. The molecule has 0 amide bonds. The lowest BCUT2D eigenvalue weighted by Crippen LogP contribution is -2.18. The van der Waals surface area contributed by atoms with Crippen molar-refractivity contribution >= 4 is 15.9 Å². The number of nitrogens with one attached hydrogen (secondary N) is 1. The summed E-state index contributed by atoms with van der Waals surface area (Å²) in [6.45, 7) is 5.54. The molecule has 0 aliphatic heterocycles. The molecule has 1 atom stereocenters. The van der Waals surface area contributed by atoms with Crippen molar-refractivity contribution in [3.8, 4) is 5.75 Å². The van der Waals surface area contributed by atoms with E-state index in [9.17, 15) is 0 Å². The molecular formula is C14H19BrN4O. The molecule has 20 heavy (non-hydrogen) atoms. The highest BCUT2D eigenvalue weighted by Crippen LogP contribution is 2.29. The molecule has 0 saturated heterocycles. The van der Waals surface area contributed by atoms with Crippen molar-refractivity contribution in [2.75, 3.05) is 6.54 Å². The second kappa shape index (κ2) is 6.85. The predicted octanol–water partition coefficient (Wildman–Crippen LogP) is 2.83. The van der Waals surface area contributed by atoms with Crippen molar-refractivity contribution in [2.24, 2.45) is 7.05 Å². The van der Waals surface area contributed by atoms with Crippen molar-refractivity contribution in [1.82, 2.24) is 20.1 Å². The van der Waals surface area contributed by atoms with Crippen LogP contribution in [0.15, 0.2) is 29.0 Å². The summed E-state index contributed by atoms with van der Waals surface area (Å²) < 4.78 is 8.66.